The molecule has 0 bridgehead atoms. The molecule has 2 N–H and O–H groups in total. The minimum absolute atomic E-state index is 0.0668. The Morgan fingerprint density at radius 2 is 1.72 bits per heavy atom. The lowest BCUT2D eigenvalue weighted by Crippen LogP contribution is -2.42. The van der Waals surface area contributed by atoms with E-state index in [0.717, 1.165) is 22.6 Å². The molecular weight excluding hydrogens is 420 g/mol. The maximum Gasteiger partial charge on any atom is 0.162 e. The third kappa shape index (κ3) is 3.76. The van der Waals surface area contributed by atoms with Crippen LogP contribution < -0.4 is 15.5 Å². The van der Waals surface area contributed by atoms with Crippen LogP contribution in [0.25, 0.3) is 0 Å². The molecule has 32 heavy (non-hydrogen) atoms. The number of hydrogen-bond donors (Lipinski definition) is 1. The second-order valence-electron chi connectivity index (χ2n) is 9.44. The summed E-state index contributed by atoms with van der Waals surface area (Å²) in [5.41, 5.74) is 11.1. The highest BCUT2D eigenvalue weighted by atomic mass is 35.5. The van der Waals surface area contributed by atoms with E-state index in [4.69, 9.17) is 17.3 Å². The van der Waals surface area contributed by atoms with Crippen molar-refractivity contribution in [1.29, 1.82) is 5.26 Å². The molecule has 1 aliphatic heterocycles. The number of anilines is 2. The van der Waals surface area contributed by atoms with Crippen molar-refractivity contribution >= 4 is 28.8 Å². The van der Waals surface area contributed by atoms with Gasteiger partial charge in [-0.15, -0.1) is 0 Å². The van der Waals surface area contributed by atoms with E-state index in [0.29, 0.717) is 34.8 Å². The van der Waals surface area contributed by atoms with E-state index >= 15 is 0 Å². The van der Waals surface area contributed by atoms with Gasteiger partial charge in [0.25, 0.3) is 0 Å². The van der Waals surface area contributed by atoms with Crippen molar-refractivity contribution < 1.29 is 4.79 Å². The number of carbonyl (C=O) groups excluding carboxylic acids is 1. The highest BCUT2D eigenvalue weighted by Crippen LogP contribution is 2.50. The van der Waals surface area contributed by atoms with E-state index in [2.05, 4.69) is 19.9 Å². The van der Waals surface area contributed by atoms with E-state index in [1.165, 1.54) is 0 Å². The summed E-state index contributed by atoms with van der Waals surface area (Å²) in [6, 6.07) is 17.6. The Hall–Kier alpha value is -3.23. The lowest BCUT2D eigenvalue weighted by Gasteiger charge is -2.43. The first kappa shape index (κ1) is 22.0. The Kier molecular flexibility index (Phi) is 5.52. The van der Waals surface area contributed by atoms with Crippen LogP contribution in [0.15, 0.2) is 71.2 Å². The maximum absolute atomic E-state index is 13.5. The lowest BCUT2D eigenvalue weighted by atomic mass is 9.68. The molecule has 4 rings (SSSR count). The molecule has 164 valence electrons. The quantitative estimate of drug-likeness (QED) is 0.688. The van der Waals surface area contributed by atoms with Gasteiger partial charge in [0.05, 0.1) is 17.6 Å². The molecular formula is C26H27ClN4O. The highest BCUT2D eigenvalue weighted by Gasteiger charge is 2.44. The standard InChI is InChI=1S/C26H27ClN4O/c1-26(2)13-21-24(22(32)14-26)23(16-5-9-18(10-6-16)30(3)4)20(15-28)25(29)31(21)19-11-7-17(27)8-12-19/h5-12,23H,13-14,29H2,1-4H3. The largest absolute Gasteiger partial charge is 0.384 e. The van der Waals surface area contributed by atoms with Crippen molar-refractivity contribution in [3.63, 3.8) is 0 Å². The van der Waals surface area contributed by atoms with Gasteiger partial charge in [-0.1, -0.05) is 37.6 Å². The predicted octanol–water partition coefficient (Wildman–Crippen LogP) is 5.35. The van der Waals surface area contributed by atoms with E-state index < -0.39 is 5.92 Å². The van der Waals surface area contributed by atoms with Crippen molar-refractivity contribution in [3.8, 4) is 6.07 Å². The molecule has 0 saturated heterocycles. The Balaban J connectivity index is 1.95. The van der Waals surface area contributed by atoms with Crippen LogP contribution in [-0.2, 0) is 4.79 Å². The second-order valence-corrected chi connectivity index (χ2v) is 9.88. The molecule has 0 aromatic heterocycles. The van der Waals surface area contributed by atoms with Crippen molar-refractivity contribution in [1.82, 2.24) is 0 Å². The molecule has 1 atom stereocenters. The van der Waals surface area contributed by atoms with E-state index in [-0.39, 0.29) is 11.2 Å². The number of hydrogen-bond acceptors (Lipinski definition) is 5. The number of ketones is 1. The molecule has 0 fully saturated rings. The summed E-state index contributed by atoms with van der Waals surface area (Å²) in [4.78, 5) is 17.4. The zero-order valence-electron chi connectivity index (χ0n) is 18.8. The summed E-state index contributed by atoms with van der Waals surface area (Å²) in [6.45, 7) is 4.19. The molecule has 0 spiro atoms. The monoisotopic (exact) mass is 446 g/mol. The van der Waals surface area contributed by atoms with Crippen molar-refractivity contribution in [2.45, 2.75) is 32.6 Å². The van der Waals surface area contributed by atoms with Crippen LogP contribution in [-0.4, -0.2) is 19.9 Å². The summed E-state index contributed by atoms with van der Waals surface area (Å²) in [7, 11) is 3.96. The first-order valence-electron chi connectivity index (χ1n) is 10.6. The van der Waals surface area contributed by atoms with Gasteiger partial charge in [-0.25, -0.2) is 0 Å². The molecule has 0 saturated carbocycles. The van der Waals surface area contributed by atoms with Crippen LogP contribution in [0.3, 0.4) is 0 Å². The minimum atomic E-state index is -0.474. The fourth-order valence-electron chi connectivity index (χ4n) is 4.69. The lowest BCUT2D eigenvalue weighted by molar-refractivity contribution is -0.118. The van der Waals surface area contributed by atoms with Gasteiger partial charge in [-0.05, 0) is 53.8 Å². The molecule has 0 radical (unpaired) electrons. The van der Waals surface area contributed by atoms with Gasteiger partial charge in [0, 0.05) is 48.2 Å². The SMILES string of the molecule is CN(C)c1ccc(C2C(C#N)=C(N)N(c3ccc(Cl)cc3)C3=C2C(=O)CC(C)(C)C3)cc1. The third-order valence-electron chi connectivity index (χ3n) is 6.21. The zero-order valence-corrected chi connectivity index (χ0v) is 19.6. The van der Waals surface area contributed by atoms with Gasteiger partial charge in [0.1, 0.15) is 5.82 Å². The fourth-order valence-corrected chi connectivity index (χ4v) is 4.82. The van der Waals surface area contributed by atoms with Gasteiger partial charge in [-0.3, -0.25) is 9.69 Å². The van der Waals surface area contributed by atoms with Crippen LogP contribution >= 0.6 is 11.6 Å². The van der Waals surface area contributed by atoms with Gasteiger partial charge in [0.15, 0.2) is 5.78 Å². The predicted molar refractivity (Wildman–Crippen MR) is 129 cm³/mol. The van der Waals surface area contributed by atoms with Crippen LogP contribution in [0, 0.1) is 16.7 Å². The number of benzene rings is 2. The number of rotatable bonds is 3. The third-order valence-corrected chi connectivity index (χ3v) is 6.46. The molecule has 2 aromatic carbocycles. The number of nitrogens with zero attached hydrogens (tertiary/aromatic N) is 3. The average Bonchev–Trinajstić information content (AvgIpc) is 2.73. The minimum Gasteiger partial charge on any atom is -0.384 e. The number of halogens is 1. The molecule has 1 aliphatic carbocycles. The second kappa shape index (κ2) is 8.03. The van der Waals surface area contributed by atoms with Gasteiger partial charge in [0.2, 0.25) is 0 Å². The Morgan fingerprint density at radius 1 is 1.09 bits per heavy atom. The summed E-state index contributed by atoms with van der Waals surface area (Å²) in [6.07, 6.45) is 1.12. The molecule has 1 unspecified atom stereocenters. The topological polar surface area (TPSA) is 73.4 Å². The van der Waals surface area contributed by atoms with Crippen LogP contribution in [0.1, 0.15) is 38.2 Å². The van der Waals surface area contributed by atoms with Crippen LogP contribution in [0.5, 0.6) is 0 Å². The molecule has 6 heteroatoms. The maximum atomic E-state index is 13.5. The van der Waals surface area contributed by atoms with Gasteiger partial charge in [-0.2, -0.15) is 5.26 Å². The molecule has 5 nitrogen and oxygen atoms in total. The average molecular weight is 447 g/mol. The van der Waals surface area contributed by atoms with E-state index in [1.807, 2.05) is 60.3 Å². The van der Waals surface area contributed by atoms with Crippen molar-refractivity contribution in [2.75, 3.05) is 23.9 Å². The summed E-state index contributed by atoms with van der Waals surface area (Å²) in [5, 5.41) is 10.8. The normalized spacial score (nSPS) is 20.2. The van der Waals surface area contributed by atoms with Crippen molar-refractivity contribution in [3.05, 3.63) is 81.8 Å². The molecule has 2 aromatic rings. The van der Waals surface area contributed by atoms with Crippen LogP contribution in [0.4, 0.5) is 11.4 Å². The van der Waals surface area contributed by atoms with Gasteiger partial charge < -0.3 is 10.6 Å². The number of allylic oxidation sites excluding steroid dienone is 3. The highest BCUT2D eigenvalue weighted by molar-refractivity contribution is 6.30. The molecule has 2 aliphatic rings. The summed E-state index contributed by atoms with van der Waals surface area (Å²) < 4.78 is 0. The number of Topliss-reactive ketones (excluding diaryl/α,β-unsaturated/α-hetero) is 1. The number of carbonyl (C=O) groups is 1. The van der Waals surface area contributed by atoms with E-state index in [9.17, 15) is 10.1 Å². The summed E-state index contributed by atoms with van der Waals surface area (Å²) in [5.74, 6) is -0.0451. The molecule has 1 heterocycles. The first-order chi connectivity index (χ1) is 15.1. The first-order valence-corrected chi connectivity index (χ1v) is 11.0. The van der Waals surface area contributed by atoms with Crippen LogP contribution in [0.2, 0.25) is 5.02 Å². The number of nitriles is 1. The smallest absolute Gasteiger partial charge is 0.162 e. The van der Waals surface area contributed by atoms with Crippen molar-refractivity contribution in [2.24, 2.45) is 11.1 Å². The fraction of sp³-hybridized carbons (Fsp3) is 0.308. The Bertz CT molecular complexity index is 1170. The Morgan fingerprint density at radius 3 is 2.28 bits per heavy atom. The zero-order chi connectivity index (χ0) is 23.2. The summed E-state index contributed by atoms with van der Waals surface area (Å²) >= 11 is 6.10. The van der Waals surface area contributed by atoms with E-state index in [1.54, 1.807) is 12.1 Å². The number of nitrogens with two attached hydrogens (primary N) is 1. The Labute approximate surface area is 194 Å². The van der Waals surface area contributed by atoms with Gasteiger partial charge >= 0.3 is 0 Å². The molecule has 0 amide bonds.